The van der Waals surface area contributed by atoms with Gasteiger partial charge in [0, 0.05) is 12.4 Å². The topological polar surface area (TPSA) is 78.3 Å². The van der Waals surface area contributed by atoms with Gasteiger partial charge >= 0.3 is 0 Å². The maximum absolute atomic E-state index is 12.4. The van der Waals surface area contributed by atoms with E-state index in [-0.39, 0.29) is 15.7 Å². The van der Waals surface area contributed by atoms with Gasteiger partial charge in [0.15, 0.2) is 15.6 Å². The summed E-state index contributed by atoms with van der Waals surface area (Å²) in [6.45, 7) is 0.505. The molecular formula is C15H16Cl2N2O4S. The van der Waals surface area contributed by atoms with Crippen LogP contribution < -0.4 is 4.74 Å². The Morgan fingerprint density at radius 3 is 2.79 bits per heavy atom. The van der Waals surface area contributed by atoms with Crippen LogP contribution in [-0.2, 0) is 16.4 Å². The number of nitrogens with zero attached hydrogens (tertiary/aromatic N) is 2. The van der Waals surface area contributed by atoms with Gasteiger partial charge in [0.1, 0.15) is 22.3 Å². The van der Waals surface area contributed by atoms with Gasteiger partial charge in [0.05, 0.1) is 18.3 Å². The van der Waals surface area contributed by atoms with Gasteiger partial charge < -0.3 is 9.30 Å². The molecule has 0 aliphatic heterocycles. The maximum atomic E-state index is 12.4. The normalized spacial score (nSPS) is 11.5. The zero-order chi connectivity index (χ0) is 17.7. The largest absolute Gasteiger partial charge is 0.497 e. The first-order chi connectivity index (χ1) is 11.4. The average Bonchev–Trinajstić information content (AvgIpc) is 2.93. The Morgan fingerprint density at radius 1 is 1.38 bits per heavy atom. The summed E-state index contributed by atoms with van der Waals surface area (Å²) < 4.78 is 31.4. The van der Waals surface area contributed by atoms with Crippen molar-refractivity contribution in [1.82, 2.24) is 9.55 Å². The van der Waals surface area contributed by atoms with Gasteiger partial charge in [-0.3, -0.25) is 4.79 Å². The van der Waals surface area contributed by atoms with E-state index in [2.05, 4.69) is 4.98 Å². The van der Waals surface area contributed by atoms with Crippen molar-refractivity contribution < 1.29 is 17.9 Å². The van der Waals surface area contributed by atoms with Gasteiger partial charge in [-0.1, -0.05) is 17.7 Å². The number of hydrogen-bond donors (Lipinski definition) is 0. The van der Waals surface area contributed by atoms with E-state index in [0.717, 1.165) is 0 Å². The Morgan fingerprint density at radius 2 is 2.12 bits per heavy atom. The molecule has 24 heavy (non-hydrogen) atoms. The summed E-state index contributed by atoms with van der Waals surface area (Å²) in [5.74, 6) is -0.534. The first-order valence-electron chi connectivity index (χ1n) is 7.05. The minimum atomic E-state index is -3.82. The molecule has 0 spiro atoms. The van der Waals surface area contributed by atoms with E-state index >= 15 is 0 Å². The number of carbonyl (C=O) groups excluding carboxylic acids is 1. The molecule has 2 aromatic rings. The minimum Gasteiger partial charge on any atom is -0.497 e. The highest BCUT2D eigenvalue weighted by atomic mass is 35.5. The van der Waals surface area contributed by atoms with Gasteiger partial charge in [-0.2, -0.15) is 0 Å². The highest BCUT2D eigenvalue weighted by molar-refractivity contribution is 7.92. The van der Waals surface area contributed by atoms with E-state index in [1.807, 2.05) is 0 Å². The Balaban J connectivity index is 2.20. The summed E-state index contributed by atoms with van der Waals surface area (Å²) in [4.78, 5) is 16.2. The van der Waals surface area contributed by atoms with Gasteiger partial charge in [-0.05, 0) is 24.6 Å². The number of aryl methyl sites for hydroxylation is 1. The number of hydrogen-bond acceptors (Lipinski definition) is 5. The second kappa shape index (κ2) is 8.00. The lowest BCUT2D eigenvalue weighted by Gasteiger charge is -2.06. The molecule has 2 rings (SSSR count). The Kier molecular flexibility index (Phi) is 6.26. The number of alkyl halides is 1. The van der Waals surface area contributed by atoms with Crippen LogP contribution in [0.1, 0.15) is 16.9 Å². The van der Waals surface area contributed by atoms with E-state index in [1.165, 1.54) is 25.6 Å². The third-order valence-electron chi connectivity index (χ3n) is 3.29. The molecule has 1 heterocycles. The molecule has 0 atom stereocenters. The fourth-order valence-corrected chi connectivity index (χ4v) is 3.69. The number of ether oxygens (including phenoxy) is 1. The molecule has 0 N–H and O–H groups in total. The molecule has 6 nitrogen and oxygen atoms in total. The van der Waals surface area contributed by atoms with Crippen molar-refractivity contribution in [2.75, 3.05) is 18.7 Å². The zero-order valence-electron chi connectivity index (χ0n) is 12.9. The summed E-state index contributed by atoms with van der Waals surface area (Å²) in [5.41, 5.74) is -0.0577. The van der Waals surface area contributed by atoms with Gasteiger partial charge in [-0.25, -0.2) is 13.4 Å². The molecule has 0 bridgehead atoms. The van der Waals surface area contributed by atoms with Gasteiger partial charge in [-0.15, -0.1) is 11.6 Å². The molecule has 0 saturated carbocycles. The number of halogens is 2. The molecule has 0 unspecified atom stereocenters. The highest BCUT2D eigenvalue weighted by Crippen LogP contribution is 2.21. The number of aromatic nitrogens is 2. The fourth-order valence-electron chi connectivity index (χ4n) is 2.06. The number of ketones is 1. The van der Waals surface area contributed by atoms with Crippen molar-refractivity contribution in [1.29, 1.82) is 0 Å². The first-order valence-corrected chi connectivity index (χ1v) is 9.62. The summed E-state index contributed by atoms with van der Waals surface area (Å²) in [6.07, 6.45) is 2.06. The van der Waals surface area contributed by atoms with Crippen molar-refractivity contribution >= 4 is 38.8 Å². The van der Waals surface area contributed by atoms with Crippen molar-refractivity contribution in [2.24, 2.45) is 0 Å². The lowest BCUT2D eigenvalue weighted by molar-refractivity contribution is 0.101. The number of Topliss-reactive ketones (excluding diaryl/α,β-unsaturated/α-hetero) is 1. The third-order valence-corrected chi connectivity index (χ3v) is 5.57. The molecule has 1 aromatic carbocycles. The molecule has 9 heteroatoms. The van der Waals surface area contributed by atoms with Crippen LogP contribution in [0.25, 0.3) is 0 Å². The Labute approximate surface area is 150 Å². The van der Waals surface area contributed by atoms with Crippen molar-refractivity contribution in [3.8, 4) is 5.75 Å². The second-order valence-electron chi connectivity index (χ2n) is 4.98. The lowest BCUT2D eigenvalue weighted by Crippen LogP contribution is -2.17. The molecular weight excluding hydrogens is 375 g/mol. The summed E-state index contributed by atoms with van der Waals surface area (Å²) >= 11 is 11.7. The van der Waals surface area contributed by atoms with E-state index in [1.54, 1.807) is 16.7 Å². The monoisotopic (exact) mass is 390 g/mol. The fraction of sp³-hybridized carbons (Fsp3) is 0.333. The third kappa shape index (κ3) is 4.28. The number of sulfone groups is 1. The Bertz CT molecular complexity index is 834. The number of benzene rings is 1. The van der Waals surface area contributed by atoms with E-state index in [4.69, 9.17) is 27.9 Å². The van der Waals surface area contributed by atoms with Crippen LogP contribution in [0.4, 0.5) is 0 Å². The minimum absolute atomic E-state index is 0.00731. The van der Waals surface area contributed by atoms with Gasteiger partial charge in [0.25, 0.3) is 0 Å². The van der Waals surface area contributed by atoms with Crippen LogP contribution in [0.15, 0.2) is 35.5 Å². The second-order valence-corrected chi connectivity index (χ2v) is 7.71. The van der Waals surface area contributed by atoms with E-state index in [0.29, 0.717) is 24.6 Å². The number of methoxy groups -OCH3 is 1. The number of rotatable bonds is 8. The molecule has 0 radical (unpaired) electrons. The molecule has 130 valence electrons. The highest BCUT2D eigenvalue weighted by Gasteiger charge is 2.25. The molecule has 1 aromatic heterocycles. The quantitative estimate of drug-likeness (QED) is 0.511. The number of carbonyl (C=O) groups is 1. The molecule has 0 aliphatic rings. The Hall–Kier alpha value is -1.57. The maximum Gasteiger partial charge on any atom is 0.199 e. The van der Waals surface area contributed by atoms with Crippen LogP contribution in [-0.4, -0.2) is 42.5 Å². The number of imidazole rings is 1. The smallest absolute Gasteiger partial charge is 0.199 e. The molecule has 0 amide bonds. The van der Waals surface area contributed by atoms with Crippen LogP contribution in [0.2, 0.25) is 5.15 Å². The predicted molar refractivity (Wildman–Crippen MR) is 92.0 cm³/mol. The van der Waals surface area contributed by atoms with Crippen LogP contribution >= 0.6 is 23.2 Å². The summed E-state index contributed by atoms with van der Waals surface area (Å²) in [5, 5.41) is 0.117. The van der Waals surface area contributed by atoms with E-state index in [9.17, 15) is 13.2 Å². The van der Waals surface area contributed by atoms with Gasteiger partial charge in [0.2, 0.25) is 0 Å². The van der Waals surface area contributed by atoms with Crippen molar-refractivity contribution in [2.45, 2.75) is 17.9 Å². The first kappa shape index (κ1) is 18.8. The average molecular weight is 391 g/mol. The molecule has 0 fully saturated rings. The SMILES string of the molecule is COc1cccc(S(=O)(=O)CC(=O)c2ncn(CCCCl)c2Cl)c1. The van der Waals surface area contributed by atoms with Crippen LogP contribution in [0, 0.1) is 0 Å². The molecule has 0 saturated heterocycles. The van der Waals surface area contributed by atoms with Crippen LogP contribution in [0.5, 0.6) is 5.75 Å². The van der Waals surface area contributed by atoms with E-state index < -0.39 is 21.4 Å². The summed E-state index contributed by atoms with van der Waals surface area (Å²) in [7, 11) is -2.39. The predicted octanol–water partition coefficient (Wildman–Crippen LogP) is 2.83. The van der Waals surface area contributed by atoms with Crippen molar-refractivity contribution in [3.05, 3.63) is 41.4 Å². The van der Waals surface area contributed by atoms with Crippen molar-refractivity contribution in [3.63, 3.8) is 0 Å². The molecule has 0 aliphatic carbocycles. The standard InChI is InChI=1S/C15H16Cl2N2O4S/c1-23-11-4-2-5-12(8-11)24(21,22)9-13(20)14-15(17)19(10-18-14)7-3-6-16/h2,4-5,8,10H,3,6-7,9H2,1H3. The van der Waals surface area contributed by atoms with Crippen LogP contribution in [0.3, 0.4) is 0 Å². The lowest BCUT2D eigenvalue weighted by atomic mass is 10.3. The zero-order valence-corrected chi connectivity index (χ0v) is 15.2. The summed E-state index contributed by atoms with van der Waals surface area (Å²) in [6, 6.07) is 5.94.